The number of hydrogen-bond acceptors (Lipinski definition) is 3. The fourth-order valence-corrected chi connectivity index (χ4v) is 2.44. The molecular formula is C14H12BrFN2OS. The van der Waals surface area contributed by atoms with Crippen LogP contribution in [0.25, 0.3) is 0 Å². The molecule has 0 radical (unpaired) electrons. The largest absolute Gasteiger partial charge is 0.453 e. The second-order valence-corrected chi connectivity index (χ2v) is 5.62. The first-order valence-electron chi connectivity index (χ1n) is 5.79. The van der Waals surface area contributed by atoms with Crippen molar-refractivity contribution in [2.45, 2.75) is 13.8 Å². The first-order valence-corrected chi connectivity index (χ1v) is 6.99. The molecule has 2 aromatic rings. The predicted molar refractivity (Wildman–Crippen MR) is 83.8 cm³/mol. The Morgan fingerprint density at radius 2 is 2.00 bits per heavy atom. The molecule has 20 heavy (non-hydrogen) atoms. The van der Waals surface area contributed by atoms with Crippen LogP contribution in [0, 0.1) is 19.7 Å². The molecule has 0 saturated heterocycles. The molecule has 1 aromatic heterocycles. The van der Waals surface area contributed by atoms with Gasteiger partial charge in [-0.25, -0.2) is 4.39 Å². The molecule has 0 saturated carbocycles. The zero-order chi connectivity index (χ0) is 14.9. The Labute approximate surface area is 130 Å². The minimum atomic E-state index is -0.464. The van der Waals surface area contributed by atoms with E-state index >= 15 is 0 Å². The highest BCUT2D eigenvalue weighted by molar-refractivity contribution is 9.10. The molecule has 0 atom stereocenters. The zero-order valence-corrected chi connectivity index (χ0v) is 13.3. The smallest absolute Gasteiger partial charge is 0.165 e. The van der Waals surface area contributed by atoms with E-state index in [1.165, 1.54) is 6.07 Å². The lowest BCUT2D eigenvalue weighted by molar-refractivity contribution is 0.440. The van der Waals surface area contributed by atoms with E-state index in [-0.39, 0.29) is 10.7 Å². The summed E-state index contributed by atoms with van der Waals surface area (Å²) in [6, 6.07) is 6.14. The number of nitrogens with zero attached hydrogens (tertiary/aromatic N) is 1. The molecule has 0 unspecified atom stereocenters. The van der Waals surface area contributed by atoms with Crippen LogP contribution in [0.2, 0.25) is 0 Å². The second kappa shape index (κ2) is 5.85. The van der Waals surface area contributed by atoms with Gasteiger partial charge >= 0.3 is 0 Å². The summed E-state index contributed by atoms with van der Waals surface area (Å²) in [4.78, 5) is 4.45. The van der Waals surface area contributed by atoms with Crippen molar-refractivity contribution in [2.24, 2.45) is 5.73 Å². The highest BCUT2D eigenvalue weighted by atomic mass is 79.9. The lowest BCUT2D eigenvalue weighted by Crippen LogP contribution is -2.14. The lowest BCUT2D eigenvalue weighted by Gasteiger charge is -2.14. The summed E-state index contributed by atoms with van der Waals surface area (Å²) in [5.74, 6) is 0.0376. The average Bonchev–Trinajstić information content (AvgIpc) is 2.32. The number of aryl methyl sites for hydroxylation is 2. The number of benzene rings is 1. The van der Waals surface area contributed by atoms with Crippen LogP contribution in [0.4, 0.5) is 4.39 Å². The summed E-state index contributed by atoms with van der Waals surface area (Å²) in [5, 5.41) is 0. The Kier molecular flexibility index (Phi) is 4.35. The standard InChI is InChI=1S/C14H12BrFN2OS/c1-7-5-12(13(14(17)20)8(2)18-7)19-11-6-9(15)3-4-10(11)16/h3-6H,1-2H3,(H2,17,20). The van der Waals surface area contributed by atoms with Crippen molar-refractivity contribution in [3.05, 3.63) is 51.5 Å². The van der Waals surface area contributed by atoms with Crippen LogP contribution in [0.3, 0.4) is 0 Å². The third kappa shape index (κ3) is 3.13. The molecule has 0 aliphatic carbocycles. The summed E-state index contributed by atoms with van der Waals surface area (Å²) >= 11 is 8.29. The zero-order valence-electron chi connectivity index (χ0n) is 10.9. The number of halogens is 2. The van der Waals surface area contributed by atoms with Gasteiger partial charge in [0.1, 0.15) is 10.7 Å². The van der Waals surface area contributed by atoms with Crippen LogP contribution in [0.15, 0.2) is 28.7 Å². The maximum absolute atomic E-state index is 13.8. The Morgan fingerprint density at radius 3 is 2.65 bits per heavy atom. The Bertz CT molecular complexity index is 691. The number of pyridine rings is 1. The lowest BCUT2D eigenvalue weighted by atomic mass is 10.1. The molecule has 2 N–H and O–H groups in total. The molecule has 0 fully saturated rings. The van der Waals surface area contributed by atoms with Crippen molar-refractivity contribution >= 4 is 33.1 Å². The highest BCUT2D eigenvalue weighted by Gasteiger charge is 2.15. The summed E-state index contributed by atoms with van der Waals surface area (Å²) in [6.45, 7) is 3.60. The summed E-state index contributed by atoms with van der Waals surface area (Å²) < 4.78 is 20.1. The van der Waals surface area contributed by atoms with Gasteiger partial charge in [0.25, 0.3) is 0 Å². The van der Waals surface area contributed by atoms with Gasteiger partial charge in [-0.15, -0.1) is 0 Å². The number of hydrogen-bond donors (Lipinski definition) is 1. The molecule has 1 aromatic carbocycles. The van der Waals surface area contributed by atoms with E-state index < -0.39 is 5.82 Å². The number of ether oxygens (including phenoxy) is 1. The number of thiocarbonyl (C=S) groups is 1. The molecular weight excluding hydrogens is 343 g/mol. The number of nitrogens with two attached hydrogens (primary N) is 1. The summed E-state index contributed by atoms with van der Waals surface area (Å²) in [5.41, 5.74) is 7.61. The van der Waals surface area contributed by atoms with Gasteiger partial charge in [-0.3, -0.25) is 4.98 Å². The van der Waals surface area contributed by atoms with Crippen molar-refractivity contribution < 1.29 is 9.13 Å². The molecule has 0 aliphatic rings. The van der Waals surface area contributed by atoms with Crippen LogP contribution in [-0.4, -0.2) is 9.97 Å². The maximum atomic E-state index is 13.8. The molecule has 2 rings (SSSR count). The minimum Gasteiger partial charge on any atom is -0.453 e. The molecule has 0 aliphatic heterocycles. The predicted octanol–water partition coefficient (Wildman–Crippen LogP) is 4.03. The molecule has 104 valence electrons. The second-order valence-electron chi connectivity index (χ2n) is 4.26. The van der Waals surface area contributed by atoms with Gasteiger partial charge in [-0.05, 0) is 32.0 Å². The van der Waals surface area contributed by atoms with Gasteiger partial charge < -0.3 is 10.5 Å². The van der Waals surface area contributed by atoms with E-state index in [9.17, 15) is 4.39 Å². The van der Waals surface area contributed by atoms with Crippen LogP contribution >= 0.6 is 28.1 Å². The number of aromatic nitrogens is 1. The number of rotatable bonds is 3. The van der Waals surface area contributed by atoms with E-state index in [0.29, 0.717) is 21.5 Å². The molecule has 0 spiro atoms. The van der Waals surface area contributed by atoms with Gasteiger partial charge in [-0.1, -0.05) is 28.1 Å². The van der Waals surface area contributed by atoms with E-state index in [4.69, 9.17) is 22.7 Å². The quantitative estimate of drug-likeness (QED) is 0.845. The maximum Gasteiger partial charge on any atom is 0.165 e. The van der Waals surface area contributed by atoms with Crippen molar-refractivity contribution in [1.82, 2.24) is 4.98 Å². The van der Waals surface area contributed by atoms with Crippen LogP contribution in [0.5, 0.6) is 11.5 Å². The van der Waals surface area contributed by atoms with Gasteiger partial charge in [0.2, 0.25) is 0 Å². The highest BCUT2D eigenvalue weighted by Crippen LogP contribution is 2.31. The van der Waals surface area contributed by atoms with Crippen LogP contribution < -0.4 is 10.5 Å². The fraction of sp³-hybridized carbons (Fsp3) is 0.143. The minimum absolute atomic E-state index is 0.0990. The molecule has 3 nitrogen and oxygen atoms in total. The summed E-state index contributed by atoms with van der Waals surface area (Å²) in [6.07, 6.45) is 0. The molecule has 0 amide bonds. The van der Waals surface area contributed by atoms with Gasteiger partial charge in [0.05, 0.1) is 11.3 Å². The summed E-state index contributed by atoms with van der Waals surface area (Å²) in [7, 11) is 0. The topological polar surface area (TPSA) is 48.1 Å². The normalized spacial score (nSPS) is 10.4. The van der Waals surface area contributed by atoms with E-state index in [0.717, 1.165) is 5.69 Å². The Balaban J connectivity index is 2.53. The van der Waals surface area contributed by atoms with E-state index in [2.05, 4.69) is 20.9 Å². The fourth-order valence-electron chi connectivity index (χ4n) is 1.85. The first-order chi connectivity index (χ1) is 9.38. The first kappa shape index (κ1) is 14.9. The average molecular weight is 355 g/mol. The van der Waals surface area contributed by atoms with Crippen molar-refractivity contribution in [3.8, 4) is 11.5 Å². The Hall–Kier alpha value is -1.53. The molecule has 6 heteroatoms. The van der Waals surface area contributed by atoms with E-state index in [1.807, 2.05) is 6.92 Å². The third-order valence-electron chi connectivity index (χ3n) is 2.65. The molecule has 1 heterocycles. The van der Waals surface area contributed by atoms with Crippen LogP contribution in [-0.2, 0) is 0 Å². The van der Waals surface area contributed by atoms with Gasteiger partial charge in [-0.2, -0.15) is 0 Å². The molecule has 0 bridgehead atoms. The van der Waals surface area contributed by atoms with Gasteiger partial charge in [0.15, 0.2) is 11.6 Å². The monoisotopic (exact) mass is 354 g/mol. The van der Waals surface area contributed by atoms with Gasteiger partial charge in [0, 0.05) is 16.2 Å². The van der Waals surface area contributed by atoms with Crippen molar-refractivity contribution in [3.63, 3.8) is 0 Å². The van der Waals surface area contributed by atoms with Crippen molar-refractivity contribution in [1.29, 1.82) is 0 Å². The SMILES string of the molecule is Cc1cc(Oc2cc(Br)ccc2F)c(C(N)=S)c(C)n1. The van der Waals surface area contributed by atoms with Crippen LogP contribution in [0.1, 0.15) is 17.0 Å². The van der Waals surface area contributed by atoms with Crippen molar-refractivity contribution in [2.75, 3.05) is 0 Å². The Morgan fingerprint density at radius 1 is 1.30 bits per heavy atom. The van der Waals surface area contributed by atoms with E-state index in [1.54, 1.807) is 25.1 Å². The third-order valence-corrected chi connectivity index (χ3v) is 3.35.